The molecule has 0 saturated carbocycles. The first-order chi connectivity index (χ1) is 8.93. The molecule has 0 aliphatic heterocycles. The Morgan fingerprint density at radius 2 is 2.11 bits per heavy atom. The molecule has 0 spiro atoms. The molecule has 0 atom stereocenters. The standard InChI is InChI=1S/C14H18FN3S/c1-14(2,3)12-11(8-16-4)19-13(18-12)9-5-6-17-7-10(9)15/h5-7,16H,8H2,1-4H3. The van der Waals surface area contributed by atoms with E-state index < -0.39 is 0 Å². The van der Waals surface area contributed by atoms with Crippen LogP contribution in [-0.2, 0) is 12.0 Å². The molecule has 19 heavy (non-hydrogen) atoms. The van der Waals surface area contributed by atoms with E-state index in [0.29, 0.717) is 5.56 Å². The van der Waals surface area contributed by atoms with Crippen LogP contribution < -0.4 is 5.32 Å². The van der Waals surface area contributed by atoms with Crippen molar-refractivity contribution in [3.05, 3.63) is 34.8 Å². The number of rotatable bonds is 3. The summed E-state index contributed by atoms with van der Waals surface area (Å²) in [7, 11) is 1.90. The van der Waals surface area contributed by atoms with Gasteiger partial charge in [0.15, 0.2) is 5.82 Å². The molecule has 2 aromatic heterocycles. The summed E-state index contributed by atoms with van der Waals surface area (Å²) in [5.41, 5.74) is 1.50. The summed E-state index contributed by atoms with van der Waals surface area (Å²) in [4.78, 5) is 9.57. The molecule has 0 saturated heterocycles. The maximum absolute atomic E-state index is 13.8. The lowest BCUT2D eigenvalue weighted by molar-refractivity contribution is 0.563. The van der Waals surface area contributed by atoms with Gasteiger partial charge in [0, 0.05) is 28.6 Å². The van der Waals surface area contributed by atoms with Gasteiger partial charge in [-0.1, -0.05) is 20.8 Å². The molecule has 2 aromatic rings. The number of pyridine rings is 1. The maximum Gasteiger partial charge on any atom is 0.151 e. The highest BCUT2D eigenvalue weighted by atomic mass is 32.1. The largest absolute Gasteiger partial charge is 0.315 e. The van der Waals surface area contributed by atoms with Crippen molar-refractivity contribution in [1.82, 2.24) is 15.3 Å². The topological polar surface area (TPSA) is 37.8 Å². The van der Waals surface area contributed by atoms with E-state index in [1.807, 2.05) is 7.05 Å². The number of halogens is 1. The predicted molar refractivity (Wildman–Crippen MR) is 76.8 cm³/mol. The van der Waals surface area contributed by atoms with Crippen molar-refractivity contribution >= 4 is 11.3 Å². The lowest BCUT2D eigenvalue weighted by atomic mass is 9.91. The molecule has 0 aliphatic carbocycles. The van der Waals surface area contributed by atoms with E-state index >= 15 is 0 Å². The lowest BCUT2D eigenvalue weighted by Crippen LogP contribution is -2.16. The SMILES string of the molecule is CNCc1sc(-c2ccncc2F)nc1C(C)(C)C. The monoisotopic (exact) mass is 279 g/mol. The molecular weight excluding hydrogens is 261 g/mol. The second-order valence-electron chi connectivity index (χ2n) is 5.43. The number of nitrogens with one attached hydrogen (secondary N) is 1. The fourth-order valence-corrected chi connectivity index (χ4v) is 3.19. The Balaban J connectivity index is 2.52. The van der Waals surface area contributed by atoms with Crippen LogP contribution in [-0.4, -0.2) is 17.0 Å². The zero-order chi connectivity index (χ0) is 14.0. The summed E-state index contributed by atoms with van der Waals surface area (Å²) >= 11 is 1.54. The summed E-state index contributed by atoms with van der Waals surface area (Å²) in [6.07, 6.45) is 2.82. The highest BCUT2D eigenvalue weighted by molar-refractivity contribution is 7.15. The second-order valence-corrected chi connectivity index (χ2v) is 6.51. The zero-order valence-electron chi connectivity index (χ0n) is 11.6. The highest BCUT2D eigenvalue weighted by Crippen LogP contribution is 2.35. The van der Waals surface area contributed by atoms with E-state index in [1.54, 1.807) is 12.3 Å². The van der Waals surface area contributed by atoms with Crippen LogP contribution in [0.4, 0.5) is 4.39 Å². The Bertz CT molecular complexity index is 572. The molecule has 0 unspecified atom stereocenters. The van der Waals surface area contributed by atoms with Crippen LogP contribution in [0.25, 0.3) is 10.6 Å². The van der Waals surface area contributed by atoms with E-state index in [9.17, 15) is 4.39 Å². The Kier molecular flexibility index (Phi) is 3.96. The van der Waals surface area contributed by atoms with Gasteiger partial charge < -0.3 is 5.32 Å². The van der Waals surface area contributed by atoms with Crippen molar-refractivity contribution in [3.8, 4) is 10.6 Å². The number of nitrogens with zero attached hydrogens (tertiary/aromatic N) is 2. The van der Waals surface area contributed by atoms with Gasteiger partial charge in [-0.15, -0.1) is 11.3 Å². The van der Waals surface area contributed by atoms with E-state index in [2.05, 4.69) is 36.1 Å². The van der Waals surface area contributed by atoms with E-state index in [-0.39, 0.29) is 11.2 Å². The molecule has 0 bridgehead atoms. The first-order valence-corrected chi connectivity index (χ1v) is 7.00. The van der Waals surface area contributed by atoms with Crippen LogP contribution in [0, 0.1) is 5.82 Å². The fraction of sp³-hybridized carbons (Fsp3) is 0.429. The van der Waals surface area contributed by atoms with Gasteiger partial charge in [0.1, 0.15) is 5.01 Å². The minimum Gasteiger partial charge on any atom is -0.315 e. The smallest absolute Gasteiger partial charge is 0.151 e. The van der Waals surface area contributed by atoms with Gasteiger partial charge in [0.2, 0.25) is 0 Å². The predicted octanol–water partition coefficient (Wildman–Crippen LogP) is 3.36. The summed E-state index contributed by atoms with van der Waals surface area (Å²) in [5.74, 6) is -0.326. The maximum atomic E-state index is 13.8. The molecule has 0 radical (unpaired) electrons. The summed E-state index contributed by atoms with van der Waals surface area (Å²) in [6, 6.07) is 1.67. The molecule has 2 heterocycles. The summed E-state index contributed by atoms with van der Waals surface area (Å²) in [5, 5.41) is 3.86. The fourth-order valence-electron chi connectivity index (χ4n) is 1.88. The zero-order valence-corrected chi connectivity index (χ0v) is 12.4. The van der Waals surface area contributed by atoms with Gasteiger partial charge in [-0.05, 0) is 13.1 Å². The summed E-state index contributed by atoms with van der Waals surface area (Å²) in [6.45, 7) is 7.10. The van der Waals surface area contributed by atoms with Crippen molar-refractivity contribution in [1.29, 1.82) is 0 Å². The van der Waals surface area contributed by atoms with Crippen molar-refractivity contribution in [2.24, 2.45) is 0 Å². The number of hydrogen-bond donors (Lipinski definition) is 1. The van der Waals surface area contributed by atoms with Crippen LogP contribution in [0.3, 0.4) is 0 Å². The van der Waals surface area contributed by atoms with Crippen molar-refractivity contribution in [2.45, 2.75) is 32.7 Å². The van der Waals surface area contributed by atoms with Crippen molar-refractivity contribution < 1.29 is 4.39 Å². The Morgan fingerprint density at radius 3 is 2.68 bits per heavy atom. The van der Waals surface area contributed by atoms with Crippen LogP contribution in [0.15, 0.2) is 18.5 Å². The first-order valence-electron chi connectivity index (χ1n) is 6.18. The van der Waals surface area contributed by atoms with Gasteiger partial charge in [-0.2, -0.15) is 0 Å². The molecule has 0 aromatic carbocycles. The average Bonchev–Trinajstić information content (AvgIpc) is 2.74. The van der Waals surface area contributed by atoms with E-state index in [1.165, 1.54) is 17.5 Å². The van der Waals surface area contributed by atoms with Crippen molar-refractivity contribution in [3.63, 3.8) is 0 Å². The second kappa shape index (κ2) is 5.35. The third-order valence-corrected chi connectivity index (χ3v) is 3.84. The number of thiazole rings is 1. The molecule has 0 aliphatic rings. The van der Waals surface area contributed by atoms with Gasteiger partial charge in [0.05, 0.1) is 11.9 Å². The molecule has 5 heteroatoms. The molecule has 0 amide bonds. The lowest BCUT2D eigenvalue weighted by Gasteiger charge is -2.17. The number of aromatic nitrogens is 2. The first kappa shape index (κ1) is 14.1. The molecule has 3 nitrogen and oxygen atoms in total. The van der Waals surface area contributed by atoms with Crippen LogP contribution >= 0.6 is 11.3 Å². The molecular formula is C14H18FN3S. The van der Waals surface area contributed by atoms with Crippen molar-refractivity contribution in [2.75, 3.05) is 7.05 Å². The van der Waals surface area contributed by atoms with Gasteiger partial charge in [0.25, 0.3) is 0 Å². The highest BCUT2D eigenvalue weighted by Gasteiger charge is 2.24. The van der Waals surface area contributed by atoms with E-state index in [0.717, 1.165) is 22.1 Å². The molecule has 102 valence electrons. The Hall–Kier alpha value is -1.33. The van der Waals surface area contributed by atoms with Gasteiger partial charge >= 0.3 is 0 Å². The molecule has 1 N–H and O–H groups in total. The normalized spacial score (nSPS) is 11.8. The summed E-state index contributed by atoms with van der Waals surface area (Å²) < 4.78 is 13.8. The number of hydrogen-bond acceptors (Lipinski definition) is 4. The Morgan fingerprint density at radius 1 is 1.37 bits per heavy atom. The minimum atomic E-state index is -0.326. The average molecular weight is 279 g/mol. The van der Waals surface area contributed by atoms with Gasteiger partial charge in [-0.3, -0.25) is 4.98 Å². The van der Waals surface area contributed by atoms with Crippen LogP contribution in [0.2, 0.25) is 0 Å². The molecule has 0 fully saturated rings. The van der Waals surface area contributed by atoms with Crippen LogP contribution in [0.5, 0.6) is 0 Å². The molecule has 2 rings (SSSR count). The van der Waals surface area contributed by atoms with Gasteiger partial charge in [-0.25, -0.2) is 9.37 Å². The quantitative estimate of drug-likeness (QED) is 0.936. The van der Waals surface area contributed by atoms with E-state index in [4.69, 9.17) is 0 Å². The minimum absolute atomic E-state index is 0.0512. The third-order valence-electron chi connectivity index (χ3n) is 2.75. The van der Waals surface area contributed by atoms with Crippen LogP contribution in [0.1, 0.15) is 31.3 Å². The Labute approximate surface area is 116 Å². The third kappa shape index (κ3) is 2.98.